The van der Waals surface area contributed by atoms with E-state index in [1.165, 1.54) is 25.7 Å². The van der Waals surface area contributed by atoms with Crippen LogP contribution in [0.5, 0.6) is 0 Å². The van der Waals surface area contributed by atoms with E-state index in [1.54, 1.807) is 0 Å². The van der Waals surface area contributed by atoms with Crippen molar-refractivity contribution in [2.45, 2.75) is 77.4 Å². The van der Waals surface area contributed by atoms with Crippen molar-refractivity contribution in [3.8, 4) is 0 Å². The number of hydrogen-bond acceptors (Lipinski definition) is 2. The maximum atomic E-state index is 11.8. The van der Waals surface area contributed by atoms with Crippen LogP contribution in [0.2, 0.25) is 0 Å². The van der Waals surface area contributed by atoms with Gasteiger partial charge >= 0.3 is 6.09 Å². The first kappa shape index (κ1) is 13.7. The monoisotopic (exact) mass is 253 g/mol. The summed E-state index contributed by atoms with van der Waals surface area (Å²) in [5.74, 6) is 1.62. The van der Waals surface area contributed by atoms with E-state index in [-0.39, 0.29) is 12.2 Å². The van der Waals surface area contributed by atoms with Crippen LogP contribution in [0.4, 0.5) is 4.79 Å². The van der Waals surface area contributed by atoms with Crippen LogP contribution in [0.25, 0.3) is 0 Å². The normalized spacial score (nSPS) is 37.0. The second kappa shape index (κ2) is 6.44. The van der Waals surface area contributed by atoms with Gasteiger partial charge in [-0.2, -0.15) is 0 Å². The lowest BCUT2D eigenvalue weighted by molar-refractivity contribution is 0.0624. The predicted octanol–water partition coefficient (Wildman–Crippen LogP) is 3.87. The van der Waals surface area contributed by atoms with Gasteiger partial charge in [0.25, 0.3) is 0 Å². The molecule has 2 fully saturated rings. The molecular formula is C15H27NO2. The van der Waals surface area contributed by atoms with Crippen molar-refractivity contribution in [1.29, 1.82) is 0 Å². The quantitative estimate of drug-likeness (QED) is 0.811. The highest BCUT2D eigenvalue weighted by Crippen LogP contribution is 2.26. The van der Waals surface area contributed by atoms with Gasteiger partial charge in [0.15, 0.2) is 0 Å². The van der Waals surface area contributed by atoms with Crippen molar-refractivity contribution in [2.24, 2.45) is 11.8 Å². The molecule has 104 valence electrons. The third-order valence-corrected chi connectivity index (χ3v) is 4.57. The molecule has 1 amide bonds. The zero-order valence-corrected chi connectivity index (χ0v) is 11.8. The molecule has 2 aliphatic rings. The summed E-state index contributed by atoms with van der Waals surface area (Å²) < 4.78 is 5.52. The molecule has 2 aliphatic carbocycles. The van der Waals surface area contributed by atoms with E-state index in [0.717, 1.165) is 37.5 Å². The van der Waals surface area contributed by atoms with Crippen LogP contribution in [0, 0.1) is 11.8 Å². The lowest BCUT2D eigenvalue weighted by Crippen LogP contribution is -2.39. The first-order chi connectivity index (χ1) is 8.63. The molecule has 0 aromatic heterocycles. The average molecular weight is 253 g/mol. The molecule has 0 radical (unpaired) electrons. The minimum atomic E-state index is -0.186. The van der Waals surface area contributed by atoms with Gasteiger partial charge in [-0.25, -0.2) is 4.79 Å². The second-order valence-corrected chi connectivity index (χ2v) is 6.39. The molecule has 0 aromatic carbocycles. The van der Waals surface area contributed by atoms with E-state index >= 15 is 0 Å². The average Bonchev–Trinajstić information content (AvgIpc) is 2.35. The molecule has 0 saturated heterocycles. The molecule has 0 aromatic rings. The lowest BCUT2D eigenvalue weighted by atomic mass is 9.87. The molecule has 0 aliphatic heterocycles. The molecule has 1 N–H and O–H groups in total. The zero-order valence-electron chi connectivity index (χ0n) is 11.8. The molecular weight excluding hydrogens is 226 g/mol. The zero-order chi connectivity index (χ0) is 13.0. The maximum Gasteiger partial charge on any atom is 0.407 e. The summed E-state index contributed by atoms with van der Waals surface area (Å²) in [6.45, 7) is 4.57. The minimum absolute atomic E-state index is 0.156. The Morgan fingerprint density at radius 2 is 1.39 bits per heavy atom. The number of nitrogens with one attached hydrogen (secondary N) is 1. The van der Waals surface area contributed by atoms with Gasteiger partial charge in [0.05, 0.1) is 0 Å². The Hall–Kier alpha value is -0.730. The summed E-state index contributed by atoms with van der Waals surface area (Å²) in [4.78, 5) is 11.8. The summed E-state index contributed by atoms with van der Waals surface area (Å²) in [7, 11) is 0. The van der Waals surface area contributed by atoms with Crippen molar-refractivity contribution in [1.82, 2.24) is 5.32 Å². The van der Waals surface area contributed by atoms with Gasteiger partial charge in [-0.3, -0.25) is 0 Å². The van der Waals surface area contributed by atoms with Crippen molar-refractivity contribution < 1.29 is 9.53 Å². The standard InChI is InChI=1S/C15H27NO2/c1-11-3-7-13(8-4-11)16-15(17)18-14-9-5-12(2)6-10-14/h11-14H,3-10H2,1-2H3,(H,16,17). The molecule has 0 spiro atoms. The Labute approximate surface area is 111 Å². The number of rotatable bonds is 2. The van der Waals surface area contributed by atoms with Crippen LogP contribution in [0.15, 0.2) is 0 Å². The Kier molecular flexibility index (Phi) is 4.90. The van der Waals surface area contributed by atoms with Gasteiger partial charge in [-0.05, 0) is 63.2 Å². The summed E-state index contributed by atoms with van der Waals surface area (Å²) in [6.07, 6.45) is 9.11. The molecule has 18 heavy (non-hydrogen) atoms. The fourth-order valence-corrected chi connectivity index (χ4v) is 3.10. The van der Waals surface area contributed by atoms with Crippen molar-refractivity contribution in [3.63, 3.8) is 0 Å². The van der Waals surface area contributed by atoms with Crippen LogP contribution in [-0.4, -0.2) is 18.2 Å². The van der Waals surface area contributed by atoms with E-state index in [1.807, 2.05) is 0 Å². The first-order valence-corrected chi connectivity index (χ1v) is 7.60. The third-order valence-electron chi connectivity index (χ3n) is 4.57. The molecule has 0 heterocycles. The van der Waals surface area contributed by atoms with Crippen LogP contribution in [0.3, 0.4) is 0 Å². The van der Waals surface area contributed by atoms with E-state index < -0.39 is 0 Å². The van der Waals surface area contributed by atoms with E-state index in [9.17, 15) is 4.79 Å². The second-order valence-electron chi connectivity index (χ2n) is 6.39. The van der Waals surface area contributed by atoms with Gasteiger partial charge in [0, 0.05) is 6.04 Å². The third kappa shape index (κ3) is 4.18. The fraction of sp³-hybridized carbons (Fsp3) is 0.933. The van der Waals surface area contributed by atoms with Gasteiger partial charge in [-0.15, -0.1) is 0 Å². The Morgan fingerprint density at radius 3 is 1.94 bits per heavy atom. The number of alkyl carbamates (subject to hydrolysis) is 1. The predicted molar refractivity (Wildman–Crippen MR) is 72.5 cm³/mol. The lowest BCUT2D eigenvalue weighted by Gasteiger charge is -2.29. The Balaban J connectivity index is 1.66. The van der Waals surface area contributed by atoms with Gasteiger partial charge < -0.3 is 10.1 Å². The molecule has 3 heteroatoms. The topological polar surface area (TPSA) is 38.3 Å². The SMILES string of the molecule is CC1CCC(NC(=O)OC2CCC(C)CC2)CC1. The first-order valence-electron chi connectivity index (χ1n) is 7.60. The van der Waals surface area contributed by atoms with Crippen molar-refractivity contribution >= 4 is 6.09 Å². The number of amides is 1. The minimum Gasteiger partial charge on any atom is -0.446 e. The molecule has 0 bridgehead atoms. The molecule has 0 unspecified atom stereocenters. The molecule has 0 atom stereocenters. The van der Waals surface area contributed by atoms with Gasteiger partial charge in [0.1, 0.15) is 6.10 Å². The molecule has 2 saturated carbocycles. The number of carbonyl (C=O) groups is 1. The summed E-state index contributed by atoms with van der Waals surface area (Å²) >= 11 is 0. The Morgan fingerprint density at radius 1 is 0.889 bits per heavy atom. The highest BCUT2D eigenvalue weighted by atomic mass is 16.6. The van der Waals surface area contributed by atoms with E-state index in [4.69, 9.17) is 4.74 Å². The molecule has 3 nitrogen and oxygen atoms in total. The van der Waals surface area contributed by atoms with Crippen LogP contribution in [-0.2, 0) is 4.74 Å². The summed E-state index contributed by atoms with van der Waals surface area (Å²) in [5, 5.41) is 3.04. The van der Waals surface area contributed by atoms with Crippen molar-refractivity contribution in [2.75, 3.05) is 0 Å². The highest BCUT2D eigenvalue weighted by Gasteiger charge is 2.24. The summed E-state index contributed by atoms with van der Waals surface area (Å²) in [6, 6.07) is 0.344. The number of carbonyl (C=O) groups excluding carboxylic acids is 1. The number of hydrogen-bond donors (Lipinski definition) is 1. The molecule has 2 rings (SSSR count). The van der Waals surface area contributed by atoms with Crippen molar-refractivity contribution in [3.05, 3.63) is 0 Å². The maximum absolute atomic E-state index is 11.8. The number of ether oxygens (including phenoxy) is 1. The smallest absolute Gasteiger partial charge is 0.407 e. The van der Waals surface area contributed by atoms with Crippen LogP contribution >= 0.6 is 0 Å². The largest absolute Gasteiger partial charge is 0.446 e. The highest BCUT2D eigenvalue weighted by molar-refractivity contribution is 5.67. The van der Waals surface area contributed by atoms with E-state index in [2.05, 4.69) is 19.2 Å². The van der Waals surface area contributed by atoms with Crippen LogP contribution in [0.1, 0.15) is 65.2 Å². The van der Waals surface area contributed by atoms with Gasteiger partial charge in [-0.1, -0.05) is 13.8 Å². The Bertz CT molecular complexity index is 238. The summed E-state index contributed by atoms with van der Waals surface area (Å²) in [5.41, 5.74) is 0. The van der Waals surface area contributed by atoms with Crippen LogP contribution < -0.4 is 5.32 Å². The fourth-order valence-electron chi connectivity index (χ4n) is 3.10. The van der Waals surface area contributed by atoms with Gasteiger partial charge in [0.2, 0.25) is 0 Å². The van der Waals surface area contributed by atoms with E-state index in [0.29, 0.717) is 6.04 Å².